The molecule has 2 unspecified atom stereocenters. The number of non-ortho nitro benzene ring substituents is 1. The Morgan fingerprint density at radius 1 is 1.33 bits per heavy atom. The van der Waals surface area contributed by atoms with Crippen LogP contribution >= 0.6 is 0 Å². The lowest BCUT2D eigenvalue weighted by atomic mass is 10.1. The quantitative estimate of drug-likeness (QED) is 0.590. The number of aryl methyl sites for hydroxylation is 1. The van der Waals surface area contributed by atoms with Gasteiger partial charge in [-0.1, -0.05) is 0 Å². The highest BCUT2D eigenvalue weighted by Crippen LogP contribution is 2.36. The van der Waals surface area contributed by atoms with Crippen LogP contribution in [0.2, 0.25) is 0 Å². The van der Waals surface area contributed by atoms with E-state index in [1.54, 1.807) is 12.1 Å². The summed E-state index contributed by atoms with van der Waals surface area (Å²) in [6.45, 7) is 4.10. The monoisotopic (exact) mass is 247 g/mol. The zero-order chi connectivity index (χ0) is 12.9. The molecule has 2 saturated heterocycles. The van der Waals surface area contributed by atoms with E-state index >= 15 is 0 Å². The minimum Gasteiger partial charge on any atom is -0.365 e. The number of nitro benzene ring substituents is 1. The summed E-state index contributed by atoms with van der Waals surface area (Å²) in [6.07, 6.45) is 1.22. The van der Waals surface area contributed by atoms with Gasteiger partial charge in [0.2, 0.25) is 0 Å². The molecule has 5 heteroatoms. The minimum atomic E-state index is -0.333. The van der Waals surface area contributed by atoms with Gasteiger partial charge < -0.3 is 4.90 Å². The highest BCUT2D eigenvalue weighted by Gasteiger charge is 2.41. The topological polar surface area (TPSA) is 49.6 Å². The van der Waals surface area contributed by atoms with Crippen molar-refractivity contribution in [1.82, 2.24) is 4.90 Å². The number of hydrogen-bond acceptors (Lipinski definition) is 4. The Kier molecular flexibility index (Phi) is 2.52. The largest absolute Gasteiger partial charge is 0.365 e. The number of hydrogen-bond donors (Lipinski definition) is 0. The minimum absolute atomic E-state index is 0.178. The lowest BCUT2D eigenvalue weighted by molar-refractivity contribution is -0.384. The van der Waals surface area contributed by atoms with Gasteiger partial charge in [0.1, 0.15) is 0 Å². The highest BCUT2D eigenvalue weighted by molar-refractivity contribution is 5.59. The predicted molar refractivity (Wildman–Crippen MR) is 70.0 cm³/mol. The summed E-state index contributed by atoms with van der Waals surface area (Å²) in [5.74, 6) is 0. The fourth-order valence-electron chi connectivity index (χ4n) is 3.24. The first-order valence-electron chi connectivity index (χ1n) is 6.28. The molecular weight excluding hydrogens is 230 g/mol. The van der Waals surface area contributed by atoms with Gasteiger partial charge in [0.15, 0.2) is 0 Å². The Hall–Kier alpha value is -1.62. The second kappa shape index (κ2) is 3.95. The van der Waals surface area contributed by atoms with Crippen molar-refractivity contribution in [2.45, 2.75) is 25.4 Å². The Bertz CT molecular complexity index is 501. The van der Waals surface area contributed by atoms with Crippen LogP contribution in [-0.4, -0.2) is 42.0 Å². The fraction of sp³-hybridized carbons (Fsp3) is 0.538. The first kappa shape index (κ1) is 11.5. The van der Waals surface area contributed by atoms with Gasteiger partial charge >= 0.3 is 0 Å². The van der Waals surface area contributed by atoms with Crippen LogP contribution in [0.5, 0.6) is 0 Å². The van der Waals surface area contributed by atoms with Crippen LogP contribution in [0.15, 0.2) is 18.2 Å². The maximum absolute atomic E-state index is 10.7. The molecule has 0 spiro atoms. The van der Waals surface area contributed by atoms with Gasteiger partial charge in [0, 0.05) is 43.0 Å². The summed E-state index contributed by atoms with van der Waals surface area (Å²) >= 11 is 0. The van der Waals surface area contributed by atoms with Crippen LogP contribution in [0.1, 0.15) is 12.0 Å². The first-order valence-corrected chi connectivity index (χ1v) is 6.28. The van der Waals surface area contributed by atoms with Gasteiger partial charge in [-0.3, -0.25) is 15.0 Å². The number of anilines is 1. The van der Waals surface area contributed by atoms with Crippen molar-refractivity contribution in [3.63, 3.8) is 0 Å². The van der Waals surface area contributed by atoms with Crippen molar-refractivity contribution >= 4 is 11.4 Å². The van der Waals surface area contributed by atoms with Crippen molar-refractivity contribution in [1.29, 1.82) is 0 Å². The second-order valence-corrected chi connectivity index (χ2v) is 5.36. The summed E-state index contributed by atoms with van der Waals surface area (Å²) in [6, 6.07) is 6.39. The maximum atomic E-state index is 10.7. The van der Waals surface area contributed by atoms with Crippen LogP contribution in [0.3, 0.4) is 0 Å². The van der Waals surface area contributed by atoms with Gasteiger partial charge in [0.25, 0.3) is 5.69 Å². The van der Waals surface area contributed by atoms with Crippen molar-refractivity contribution in [2.75, 3.05) is 25.0 Å². The molecule has 0 amide bonds. The second-order valence-electron chi connectivity index (χ2n) is 5.36. The maximum Gasteiger partial charge on any atom is 0.269 e. The van der Waals surface area contributed by atoms with Gasteiger partial charge in [0.05, 0.1) is 4.92 Å². The third-order valence-electron chi connectivity index (χ3n) is 4.22. The van der Waals surface area contributed by atoms with Crippen molar-refractivity contribution in [2.24, 2.45) is 0 Å². The number of fused-ring (bicyclic) bond motifs is 2. The molecule has 2 fully saturated rings. The molecule has 0 radical (unpaired) electrons. The van der Waals surface area contributed by atoms with E-state index in [1.807, 2.05) is 13.0 Å². The molecule has 3 rings (SSSR count). The molecule has 18 heavy (non-hydrogen) atoms. The van der Waals surface area contributed by atoms with E-state index in [2.05, 4.69) is 16.8 Å². The summed E-state index contributed by atoms with van der Waals surface area (Å²) in [4.78, 5) is 15.2. The Balaban J connectivity index is 1.88. The molecule has 0 aromatic heterocycles. The summed E-state index contributed by atoms with van der Waals surface area (Å²) in [5.41, 5.74) is 2.33. The molecule has 0 aliphatic carbocycles. The SMILES string of the molecule is Cc1cc([N+](=O)[O-])ccc1N1CC2CC1CN2C. The lowest BCUT2D eigenvalue weighted by Crippen LogP contribution is -2.44. The van der Waals surface area contributed by atoms with E-state index in [-0.39, 0.29) is 10.6 Å². The van der Waals surface area contributed by atoms with Crippen LogP contribution < -0.4 is 4.90 Å². The molecule has 2 bridgehead atoms. The molecule has 5 nitrogen and oxygen atoms in total. The molecule has 2 aliphatic rings. The van der Waals surface area contributed by atoms with Crippen molar-refractivity contribution in [3.05, 3.63) is 33.9 Å². The summed E-state index contributed by atoms with van der Waals surface area (Å²) in [5, 5.41) is 10.7. The van der Waals surface area contributed by atoms with E-state index in [0.717, 1.165) is 24.3 Å². The van der Waals surface area contributed by atoms with Crippen molar-refractivity contribution < 1.29 is 4.92 Å². The molecule has 1 aromatic carbocycles. The zero-order valence-corrected chi connectivity index (χ0v) is 10.7. The van der Waals surface area contributed by atoms with E-state index in [9.17, 15) is 10.1 Å². The molecule has 0 saturated carbocycles. The van der Waals surface area contributed by atoms with Crippen LogP contribution in [0, 0.1) is 17.0 Å². The predicted octanol–water partition coefficient (Wildman–Crippen LogP) is 1.80. The van der Waals surface area contributed by atoms with Crippen molar-refractivity contribution in [3.8, 4) is 0 Å². The highest BCUT2D eigenvalue weighted by atomic mass is 16.6. The summed E-state index contributed by atoms with van der Waals surface area (Å²) in [7, 11) is 2.17. The number of nitro groups is 1. The van der Waals surface area contributed by atoms with E-state index in [1.165, 1.54) is 6.42 Å². The van der Waals surface area contributed by atoms with Crippen LogP contribution in [0.25, 0.3) is 0 Å². The number of benzene rings is 1. The van der Waals surface area contributed by atoms with E-state index in [0.29, 0.717) is 12.1 Å². The first-order chi connectivity index (χ1) is 8.56. The average molecular weight is 247 g/mol. The molecule has 1 aromatic rings. The number of likely N-dealkylation sites (tertiary alicyclic amines) is 1. The molecule has 2 aliphatic heterocycles. The van der Waals surface area contributed by atoms with Crippen LogP contribution in [-0.2, 0) is 0 Å². The van der Waals surface area contributed by atoms with Gasteiger partial charge in [-0.15, -0.1) is 0 Å². The Morgan fingerprint density at radius 2 is 2.11 bits per heavy atom. The molecule has 0 N–H and O–H groups in total. The summed E-state index contributed by atoms with van der Waals surface area (Å²) < 4.78 is 0. The smallest absolute Gasteiger partial charge is 0.269 e. The standard InChI is InChI=1S/C13H17N3O2/c1-9-5-10(16(17)18)3-4-13(9)15-8-11-6-12(15)7-14(11)2/h3-5,11-12H,6-8H2,1-2H3. The Morgan fingerprint density at radius 3 is 2.61 bits per heavy atom. The van der Waals surface area contributed by atoms with Gasteiger partial charge in [-0.05, 0) is 32.0 Å². The van der Waals surface area contributed by atoms with Gasteiger partial charge in [-0.25, -0.2) is 0 Å². The number of piperazine rings is 1. The molecule has 2 heterocycles. The third kappa shape index (κ3) is 1.66. The molecule has 2 atom stereocenters. The van der Waals surface area contributed by atoms with Crippen LogP contribution in [0.4, 0.5) is 11.4 Å². The molecule has 96 valence electrons. The van der Waals surface area contributed by atoms with E-state index in [4.69, 9.17) is 0 Å². The number of nitrogens with zero attached hydrogens (tertiary/aromatic N) is 3. The van der Waals surface area contributed by atoms with E-state index < -0.39 is 0 Å². The third-order valence-corrected chi connectivity index (χ3v) is 4.22. The average Bonchev–Trinajstić information content (AvgIpc) is 2.87. The number of likely N-dealkylation sites (N-methyl/N-ethyl adjacent to an activating group) is 1. The number of rotatable bonds is 2. The zero-order valence-electron chi connectivity index (χ0n) is 10.7. The fourth-order valence-corrected chi connectivity index (χ4v) is 3.24. The Labute approximate surface area is 106 Å². The molecular formula is C13H17N3O2. The van der Waals surface area contributed by atoms with Gasteiger partial charge in [-0.2, -0.15) is 0 Å². The normalized spacial score (nSPS) is 26.9. The lowest BCUT2D eigenvalue weighted by Gasteiger charge is -2.34.